The number of benzene rings is 1. The van der Waals surface area contributed by atoms with Gasteiger partial charge in [-0.25, -0.2) is 15.0 Å². The Labute approximate surface area is 92.3 Å². The first-order valence-corrected chi connectivity index (χ1v) is 5.28. The van der Waals surface area contributed by atoms with E-state index in [0.29, 0.717) is 5.95 Å². The van der Waals surface area contributed by atoms with Gasteiger partial charge in [0.1, 0.15) is 12.7 Å². The van der Waals surface area contributed by atoms with Crippen molar-refractivity contribution in [3.05, 3.63) is 42.5 Å². The predicted molar refractivity (Wildman–Crippen MR) is 60.5 cm³/mol. The van der Waals surface area contributed by atoms with Gasteiger partial charge in [0, 0.05) is 4.90 Å². The maximum Gasteiger partial charge on any atom is 0.236 e. The summed E-state index contributed by atoms with van der Waals surface area (Å²) >= 11 is 1.50. The molecular formula is C10H10N4S. The zero-order valence-electron chi connectivity index (χ0n) is 8.21. The number of hydrogen-bond acceptors (Lipinski definition) is 5. The summed E-state index contributed by atoms with van der Waals surface area (Å²) in [5.74, 6) is 0.568. The van der Waals surface area contributed by atoms with E-state index < -0.39 is 0 Å². The van der Waals surface area contributed by atoms with E-state index in [1.54, 1.807) is 0 Å². The topological polar surface area (TPSA) is 50.7 Å². The molecule has 0 aliphatic rings. The van der Waals surface area contributed by atoms with E-state index in [0.717, 1.165) is 4.90 Å². The monoisotopic (exact) mass is 218 g/mol. The van der Waals surface area contributed by atoms with Crippen molar-refractivity contribution >= 4 is 17.9 Å². The molecule has 0 aliphatic heterocycles. The molecule has 4 nitrogen and oxygen atoms in total. The van der Waals surface area contributed by atoms with Gasteiger partial charge in [-0.05, 0) is 30.5 Å². The van der Waals surface area contributed by atoms with Crippen molar-refractivity contribution in [2.45, 2.75) is 11.8 Å². The Morgan fingerprint density at radius 2 is 1.87 bits per heavy atom. The summed E-state index contributed by atoms with van der Waals surface area (Å²) in [6, 6.07) is 8.14. The van der Waals surface area contributed by atoms with E-state index in [-0.39, 0.29) is 0 Å². The predicted octanol–water partition coefficient (Wildman–Crippen LogP) is 2.30. The van der Waals surface area contributed by atoms with Crippen molar-refractivity contribution in [1.29, 1.82) is 0 Å². The molecule has 0 fully saturated rings. The quantitative estimate of drug-likeness (QED) is 0.801. The molecule has 1 heterocycles. The standard InChI is InChI=1S/C10H10N4S/c1-8-4-2-3-5-9(8)15-14-10-12-6-11-7-13-10/h2-7H,1H3,(H,11,12,13,14). The van der Waals surface area contributed by atoms with Crippen molar-refractivity contribution in [1.82, 2.24) is 15.0 Å². The molecule has 2 rings (SSSR count). The average molecular weight is 218 g/mol. The van der Waals surface area contributed by atoms with Crippen LogP contribution in [0.5, 0.6) is 0 Å². The smallest absolute Gasteiger partial charge is 0.236 e. The lowest BCUT2D eigenvalue weighted by Gasteiger charge is -2.05. The lowest BCUT2D eigenvalue weighted by Crippen LogP contribution is -1.94. The molecule has 0 bridgehead atoms. The highest BCUT2D eigenvalue weighted by Crippen LogP contribution is 2.21. The molecule has 1 aromatic carbocycles. The van der Waals surface area contributed by atoms with Gasteiger partial charge in [-0.15, -0.1) is 0 Å². The Morgan fingerprint density at radius 1 is 1.13 bits per heavy atom. The van der Waals surface area contributed by atoms with Crippen LogP contribution < -0.4 is 4.72 Å². The van der Waals surface area contributed by atoms with Crippen molar-refractivity contribution < 1.29 is 0 Å². The van der Waals surface area contributed by atoms with E-state index in [4.69, 9.17) is 0 Å². The summed E-state index contributed by atoms with van der Waals surface area (Å²) in [6.45, 7) is 2.07. The molecular weight excluding hydrogens is 208 g/mol. The summed E-state index contributed by atoms with van der Waals surface area (Å²) < 4.78 is 3.06. The normalized spacial score (nSPS) is 9.93. The fourth-order valence-electron chi connectivity index (χ4n) is 1.06. The van der Waals surface area contributed by atoms with Crippen LogP contribution in [0.2, 0.25) is 0 Å². The zero-order chi connectivity index (χ0) is 10.5. The first-order valence-electron chi connectivity index (χ1n) is 4.47. The molecule has 15 heavy (non-hydrogen) atoms. The summed E-state index contributed by atoms with van der Waals surface area (Å²) in [5, 5.41) is 0. The van der Waals surface area contributed by atoms with E-state index >= 15 is 0 Å². The van der Waals surface area contributed by atoms with Crippen LogP contribution in [0.25, 0.3) is 0 Å². The number of rotatable bonds is 3. The summed E-state index contributed by atoms with van der Waals surface area (Å²) in [7, 11) is 0. The van der Waals surface area contributed by atoms with Crippen LogP contribution in [0.1, 0.15) is 5.56 Å². The Balaban J connectivity index is 2.03. The third-order valence-electron chi connectivity index (χ3n) is 1.84. The maximum absolute atomic E-state index is 3.97. The fourth-order valence-corrected chi connectivity index (χ4v) is 1.75. The Morgan fingerprint density at radius 3 is 2.60 bits per heavy atom. The number of aryl methyl sites for hydroxylation is 1. The van der Waals surface area contributed by atoms with Gasteiger partial charge in [-0.3, -0.25) is 4.72 Å². The lowest BCUT2D eigenvalue weighted by atomic mass is 10.2. The van der Waals surface area contributed by atoms with Crippen LogP contribution in [-0.4, -0.2) is 15.0 Å². The van der Waals surface area contributed by atoms with Crippen molar-refractivity contribution in [3.63, 3.8) is 0 Å². The molecule has 0 aliphatic carbocycles. The lowest BCUT2D eigenvalue weighted by molar-refractivity contribution is 1.06. The van der Waals surface area contributed by atoms with Gasteiger partial charge >= 0.3 is 0 Å². The average Bonchev–Trinajstić information content (AvgIpc) is 2.29. The minimum Gasteiger partial charge on any atom is -0.294 e. The van der Waals surface area contributed by atoms with Crippen LogP contribution >= 0.6 is 11.9 Å². The summed E-state index contributed by atoms with van der Waals surface area (Å²) in [5.41, 5.74) is 1.23. The van der Waals surface area contributed by atoms with E-state index in [2.05, 4.69) is 32.7 Å². The summed E-state index contributed by atoms with van der Waals surface area (Å²) in [6.07, 6.45) is 2.93. The fraction of sp³-hybridized carbons (Fsp3) is 0.100. The molecule has 0 saturated carbocycles. The minimum absolute atomic E-state index is 0.568. The van der Waals surface area contributed by atoms with Crippen molar-refractivity contribution in [2.75, 3.05) is 4.72 Å². The van der Waals surface area contributed by atoms with Gasteiger partial charge in [0.25, 0.3) is 0 Å². The molecule has 0 amide bonds. The minimum atomic E-state index is 0.568. The van der Waals surface area contributed by atoms with Crippen LogP contribution in [0.15, 0.2) is 41.8 Å². The maximum atomic E-state index is 3.97. The van der Waals surface area contributed by atoms with Crippen molar-refractivity contribution in [2.24, 2.45) is 0 Å². The van der Waals surface area contributed by atoms with Gasteiger partial charge in [0.2, 0.25) is 5.95 Å². The molecule has 0 unspecified atom stereocenters. The second-order valence-electron chi connectivity index (χ2n) is 2.93. The number of anilines is 1. The molecule has 0 atom stereocenters. The van der Waals surface area contributed by atoms with Crippen LogP contribution in [0, 0.1) is 6.92 Å². The molecule has 5 heteroatoms. The molecule has 1 aromatic heterocycles. The molecule has 0 radical (unpaired) electrons. The SMILES string of the molecule is Cc1ccccc1SNc1ncncn1. The number of nitrogens with one attached hydrogen (secondary N) is 1. The van der Waals surface area contributed by atoms with E-state index in [1.807, 2.05) is 18.2 Å². The van der Waals surface area contributed by atoms with Gasteiger partial charge in [-0.2, -0.15) is 0 Å². The van der Waals surface area contributed by atoms with Crippen LogP contribution in [0.3, 0.4) is 0 Å². The van der Waals surface area contributed by atoms with Crippen LogP contribution in [0.4, 0.5) is 5.95 Å². The number of nitrogens with zero attached hydrogens (tertiary/aromatic N) is 3. The Kier molecular flexibility index (Phi) is 3.14. The van der Waals surface area contributed by atoms with Gasteiger partial charge in [0.15, 0.2) is 0 Å². The Bertz CT molecular complexity index is 432. The van der Waals surface area contributed by atoms with Gasteiger partial charge in [-0.1, -0.05) is 18.2 Å². The zero-order valence-corrected chi connectivity index (χ0v) is 9.03. The van der Waals surface area contributed by atoms with Gasteiger partial charge < -0.3 is 0 Å². The van der Waals surface area contributed by atoms with Gasteiger partial charge in [0.05, 0.1) is 0 Å². The highest BCUT2D eigenvalue weighted by molar-refractivity contribution is 8.00. The molecule has 0 spiro atoms. The second kappa shape index (κ2) is 4.75. The first-order chi connectivity index (χ1) is 7.36. The molecule has 76 valence electrons. The third kappa shape index (κ3) is 2.66. The third-order valence-corrected chi connectivity index (χ3v) is 2.80. The molecule has 0 saturated heterocycles. The second-order valence-corrected chi connectivity index (χ2v) is 3.78. The Hall–Kier alpha value is -1.62. The molecule has 2 aromatic rings. The highest BCUT2D eigenvalue weighted by Gasteiger charge is 1.98. The van der Waals surface area contributed by atoms with E-state index in [9.17, 15) is 0 Å². The van der Waals surface area contributed by atoms with Crippen LogP contribution in [-0.2, 0) is 0 Å². The largest absolute Gasteiger partial charge is 0.294 e. The summed E-state index contributed by atoms with van der Waals surface area (Å²) in [4.78, 5) is 12.8. The molecule has 1 N–H and O–H groups in total. The number of hydrogen-bond donors (Lipinski definition) is 1. The highest BCUT2D eigenvalue weighted by atomic mass is 32.2. The first kappa shape index (κ1) is 9.92. The van der Waals surface area contributed by atoms with Crippen molar-refractivity contribution in [3.8, 4) is 0 Å². The number of aromatic nitrogens is 3. The van der Waals surface area contributed by atoms with E-state index in [1.165, 1.54) is 30.2 Å².